The van der Waals surface area contributed by atoms with Crippen molar-refractivity contribution >= 4 is 10.8 Å². The van der Waals surface area contributed by atoms with E-state index in [-0.39, 0.29) is 5.56 Å². The molecule has 0 aromatic heterocycles. The fraction of sp³-hybridized carbons (Fsp3) is 0.241. The van der Waals surface area contributed by atoms with E-state index in [0.29, 0.717) is 5.56 Å². The average Bonchev–Trinajstić information content (AvgIpc) is 2.83. The molecule has 0 spiro atoms. The highest BCUT2D eigenvalue weighted by atomic mass is 19.4. The van der Waals surface area contributed by atoms with E-state index in [1.807, 2.05) is 18.2 Å². The standard InChI is InChI=1S/C29H25F5O/c1-2-3-4-5-6-19-7-8-24-16-23(14-13-22(24)15-19)20-9-11-21(12-10-20)25-17-26(30)28(27(31)18-25)35-29(32,33)34/h7-18H,2-6H2,1H3. The second-order valence-corrected chi connectivity index (χ2v) is 8.60. The Balaban J connectivity index is 1.53. The highest BCUT2D eigenvalue weighted by molar-refractivity contribution is 5.88. The molecule has 182 valence electrons. The van der Waals surface area contributed by atoms with Crippen LogP contribution < -0.4 is 4.74 Å². The predicted molar refractivity (Wildman–Crippen MR) is 129 cm³/mol. The van der Waals surface area contributed by atoms with Crippen molar-refractivity contribution in [3.63, 3.8) is 0 Å². The molecular formula is C29H25F5O. The summed E-state index contributed by atoms with van der Waals surface area (Å²) >= 11 is 0. The molecule has 0 radical (unpaired) electrons. The minimum Gasteiger partial charge on any atom is -0.399 e. The van der Waals surface area contributed by atoms with Crippen LogP contribution in [0.2, 0.25) is 0 Å². The van der Waals surface area contributed by atoms with Crippen molar-refractivity contribution in [3.8, 4) is 28.0 Å². The van der Waals surface area contributed by atoms with Gasteiger partial charge in [0.25, 0.3) is 0 Å². The maximum Gasteiger partial charge on any atom is 0.573 e. The second-order valence-electron chi connectivity index (χ2n) is 8.60. The number of aryl methyl sites for hydroxylation is 1. The Morgan fingerprint density at radius 1 is 0.629 bits per heavy atom. The maximum absolute atomic E-state index is 14.1. The Kier molecular flexibility index (Phi) is 7.39. The first-order valence-corrected chi connectivity index (χ1v) is 11.6. The molecule has 0 aliphatic carbocycles. The van der Waals surface area contributed by atoms with Crippen LogP contribution in [0.3, 0.4) is 0 Å². The molecule has 0 amide bonds. The zero-order valence-corrected chi connectivity index (χ0v) is 19.3. The zero-order valence-electron chi connectivity index (χ0n) is 19.3. The number of fused-ring (bicyclic) bond motifs is 1. The van der Waals surface area contributed by atoms with E-state index in [4.69, 9.17) is 0 Å². The van der Waals surface area contributed by atoms with Gasteiger partial charge in [-0.1, -0.05) is 80.8 Å². The fourth-order valence-electron chi connectivity index (χ4n) is 4.18. The third kappa shape index (κ3) is 6.18. The molecule has 6 heteroatoms. The van der Waals surface area contributed by atoms with Gasteiger partial charge in [0, 0.05) is 0 Å². The Morgan fingerprint density at radius 2 is 1.20 bits per heavy atom. The van der Waals surface area contributed by atoms with Gasteiger partial charge in [0.05, 0.1) is 0 Å². The largest absolute Gasteiger partial charge is 0.573 e. The van der Waals surface area contributed by atoms with Crippen LogP contribution in [0.5, 0.6) is 5.75 Å². The quantitative estimate of drug-likeness (QED) is 0.179. The lowest BCUT2D eigenvalue weighted by Crippen LogP contribution is -2.19. The van der Waals surface area contributed by atoms with Crippen LogP contribution in [0.15, 0.2) is 72.8 Å². The van der Waals surface area contributed by atoms with Gasteiger partial charge in [0.15, 0.2) is 11.6 Å². The number of rotatable bonds is 8. The van der Waals surface area contributed by atoms with Crippen LogP contribution in [0, 0.1) is 11.6 Å². The first-order valence-electron chi connectivity index (χ1n) is 11.6. The van der Waals surface area contributed by atoms with E-state index in [9.17, 15) is 22.0 Å². The Labute approximate surface area is 201 Å². The molecule has 0 fully saturated rings. The second kappa shape index (κ2) is 10.5. The van der Waals surface area contributed by atoms with Crippen LogP contribution in [0.1, 0.15) is 38.2 Å². The first-order chi connectivity index (χ1) is 16.7. The molecule has 0 heterocycles. The minimum atomic E-state index is -5.18. The summed E-state index contributed by atoms with van der Waals surface area (Å²) in [7, 11) is 0. The summed E-state index contributed by atoms with van der Waals surface area (Å²) in [5.74, 6) is -4.29. The van der Waals surface area contributed by atoms with E-state index >= 15 is 0 Å². The average molecular weight is 485 g/mol. The molecule has 0 N–H and O–H groups in total. The Morgan fingerprint density at radius 3 is 1.83 bits per heavy atom. The third-order valence-electron chi connectivity index (χ3n) is 5.99. The topological polar surface area (TPSA) is 9.23 Å². The van der Waals surface area contributed by atoms with E-state index in [2.05, 4.69) is 42.0 Å². The monoisotopic (exact) mass is 484 g/mol. The molecule has 0 saturated heterocycles. The smallest absolute Gasteiger partial charge is 0.399 e. The summed E-state index contributed by atoms with van der Waals surface area (Å²) in [6.45, 7) is 2.20. The van der Waals surface area contributed by atoms with Crippen molar-refractivity contribution in [2.75, 3.05) is 0 Å². The van der Waals surface area contributed by atoms with Crippen LogP contribution in [0.25, 0.3) is 33.0 Å². The van der Waals surface area contributed by atoms with Gasteiger partial charge in [0.2, 0.25) is 5.75 Å². The van der Waals surface area contributed by atoms with Gasteiger partial charge in [-0.3, -0.25) is 0 Å². The van der Waals surface area contributed by atoms with Crippen molar-refractivity contribution in [2.45, 2.75) is 45.4 Å². The van der Waals surface area contributed by atoms with Crippen molar-refractivity contribution in [1.29, 1.82) is 0 Å². The summed E-state index contributed by atoms with van der Waals surface area (Å²) in [5, 5.41) is 2.29. The predicted octanol–water partition coefficient (Wildman–Crippen LogP) is 9.47. The molecule has 0 bridgehead atoms. The molecule has 0 saturated carbocycles. The van der Waals surface area contributed by atoms with E-state index in [1.165, 1.54) is 36.6 Å². The lowest BCUT2D eigenvalue weighted by molar-refractivity contribution is -0.276. The van der Waals surface area contributed by atoms with Gasteiger partial charge >= 0.3 is 6.36 Å². The maximum atomic E-state index is 14.1. The SMILES string of the molecule is CCCCCCc1ccc2cc(-c3ccc(-c4cc(F)c(OC(F)(F)F)c(F)c4)cc3)ccc2c1. The summed E-state index contributed by atoms with van der Waals surface area (Å²) in [6, 6.07) is 21.4. The van der Waals surface area contributed by atoms with Crippen LogP contribution >= 0.6 is 0 Å². The van der Waals surface area contributed by atoms with Crippen molar-refractivity contribution < 1.29 is 26.7 Å². The third-order valence-corrected chi connectivity index (χ3v) is 5.99. The van der Waals surface area contributed by atoms with Crippen LogP contribution in [0.4, 0.5) is 22.0 Å². The van der Waals surface area contributed by atoms with Gasteiger partial charge in [-0.05, 0) is 69.6 Å². The normalized spacial score (nSPS) is 11.7. The molecule has 1 nitrogen and oxygen atoms in total. The number of hydrogen-bond donors (Lipinski definition) is 0. The number of ether oxygens (including phenoxy) is 1. The Hall–Kier alpha value is -3.41. The number of hydrogen-bond acceptors (Lipinski definition) is 1. The summed E-state index contributed by atoms with van der Waals surface area (Å²) < 4.78 is 68.7. The van der Waals surface area contributed by atoms with Gasteiger partial charge < -0.3 is 4.74 Å². The van der Waals surface area contributed by atoms with Crippen molar-refractivity contribution in [1.82, 2.24) is 0 Å². The zero-order chi connectivity index (χ0) is 25.0. The van der Waals surface area contributed by atoms with Gasteiger partial charge in [-0.2, -0.15) is 0 Å². The van der Waals surface area contributed by atoms with Crippen LogP contribution in [-0.4, -0.2) is 6.36 Å². The number of alkyl halides is 3. The molecule has 35 heavy (non-hydrogen) atoms. The highest BCUT2D eigenvalue weighted by Gasteiger charge is 2.34. The van der Waals surface area contributed by atoms with Crippen molar-refractivity contribution in [3.05, 3.63) is 90.0 Å². The minimum absolute atomic E-state index is 0.117. The molecule has 0 aliphatic heterocycles. The lowest BCUT2D eigenvalue weighted by Gasteiger charge is -2.12. The molecule has 0 unspecified atom stereocenters. The van der Waals surface area contributed by atoms with Gasteiger partial charge in [-0.15, -0.1) is 13.2 Å². The summed E-state index contributed by atoms with van der Waals surface area (Å²) in [4.78, 5) is 0. The Bertz CT molecular complexity index is 1290. The summed E-state index contributed by atoms with van der Waals surface area (Å²) in [5.41, 5.74) is 3.82. The fourth-order valence-corrected chi connectivity index (χ4v) is 4.18. The number of unbranched alkanes of at least 4 members (excludes halogenated alkanes) is 3. The molecule has 4 aromatic carbocycles. The summed E-state index contributed by atoms with van der Waals surface area (Å²) in [6.07, 6.45) is 0.810. The van der Waals surface area contributed by atoms with Crippen LogP contribution in [-0.2, 0) is 6.42 Å². The molecular weight excluding hydrogens is 459 g/mol. The molecule has 0 atom stereocenters. The van der Waals surface area contributed by atoms with E-state index < -0.39 is 23.7 Å². The van der Waals surface area contributed by atoms with Gasteiger partial charge in [-0.25, -0.2) is 8.78 Å². The van der Waals surface area contributed by atoms with E-state index in [1.54, 1.807) is 12.1 Å². The first kappa shape index (κ1) is 24.7. The number of benzene rings is 4. The highest BCUT2D eigenvalue weighted by Crippen LogP contribution is 2.34. The molecule has 4 aromatic rings. The van der Waals surface area contributed by atoms with E-state index in [0.717, 1.165) is 35.1 Å². The van der Waals surface area contributed by atoms with Gasteiger partial charge in [0.1, 0.15) is 0 Å². The number of halogens is 5. The molecule has 4 rings (SSSR count). The van der Waals surface area contributed by atoms with Crippen molar-refractivity contribution in [2.24, 2.45) is 0 Å². The molecule has 0 aliphatic rings. The lowest BCUT2D eigenvalue weighted by atomic mass is 9.97.